The molecule has 1 aromatic rings. The van der Waals surface area contributed by atoms with Crippen LogP contribution in [0.5, 0.6) is 5.75 Å². The number of rotatable bonds is 3. The van der Waals surface area contributed by atoms with Crippen molar-refractivity contribution in [2.75, 3.05) is 6.61 Å². The molecule has 0 unspecified atom stereocenters. The molecular formula is C13H17FO2Si. The van der Waals surface area contributed by atoms with Crippen molar-refractivity contribution in [1.29, 1.82) is 0 Å². The molecule has 0 saturated heterocycles. The fourth-order valence-corrected chi connectivity index (χ4v) is 1.65. The van der Waals surface area contributed by atoms with Crippen LogP contribution in [0, 0.1) is 17.3 Å². The maximum Gasteiger partial charge on any atom is 0.147 e. The Bertz CT molecular complexity index is 412. The number of ether oxygens (including phenoxy) is 1. The summed E-state index contributed by atoms with van der Waals surface area (Å²) in [5, 5.41) is 9.58. The molecule has 0 saturated carbocycles. The monoisotopic (exact) mass is 252 g/mol. The topological polar surface area (TPSA) is 29.5 Å². The minimum atomic E-state index is -1.46. The zero-order chi connectivity index (χ0) is 12.9. The van der Waals surface area contributed by atoms with E-state index in [-0.39, 0.29) is 12.4 Å². The number of aliphatic hydroxyl groups is 1. The largest absolute Gasteiger partial charge is 0.490 e. The first-order valence-electron chi connectivity index (χ1n) is 5.46. The Morgan fingerprint density at radius 2 is 1.88 bits per heavy atom. The Kier molecular flexibility index (Phi) is 4.73. The van der Waals surface area contributed by atoms with Gasteiger partial charge in [0.2, 0.25) is 0 Å². The molecule has 0 aliphatic heterocycles. The Labute approximate surface area is 102 Å². The summed E-state index contributed by atoms with van der Waals surface area (Å²) in [6, 6.07) is 5.67. The van der Waals surface area contributed by atoms with Gasteiger partial charge in [0.1, 0.15) is 32.4 Å². The molecule has 0 aliphatic carbocycles. The maximum absolute atomic E-state index is 12.6. The molecule has 0 radical (unpaired) electrons. The fraction of sp³-hybridized carbons (Fsp3) is 0.385. The molecule has 0 aliphatic rings. The van der Waals surface area contributed by atoms with Crippen LogP contribution in [0.15, 0.2) is 24.3 Å². The summed E-state index contributed by atoms with van der Waals surface area (Å²) in [6.07, 6.45) is -0.799. The predicted octanol–water partition coefficient (Wildman–Crippen LogP) is 2.45. The van der Waals surface area contributed by atoms with Gasteiger partial charge >= 0.3 is 0 Å². The molecule has 0 heterocycles. The van der Waals surface area contributed by atoms with Crippen molar-refractivity contribution in [2.24, 2.45) is 0 Å². The van der Waals surface area contributed by atoms with Gasteiger partial charge < -0.3 is 9.84 Å². The normalized spacial score (nSPS) is 12.5. The van der Waals surface area contributed by atoms with E-state index in [0.717, 1.165) is 0 Å². The first-order valence-corrected chi connectivity index (χ1v) is 8.96. The fourth-order valence-electron chi connectivity index (χ4n) is 1.05. The van der Waals surface area contributed by atoms with E-state index >= 15 is 0 Å². The predicted molar refractivity (Wildman–Crippen MR) is 69.0 cm³/mol. The maximum atomic E-state index is 12.6. The first-order chi connectivity index (χ1) is 7.87. The van der Waals surface area contributed by atoms with E-state index in [9.17, 15) is 9.50 Å². The SMILES string of the molecule is C[Si](C)(C)C#C[C@H](O)COc1ccc(F)cc1. The van der Waals surface area contributed by atoms with Crippen molar-refractivity contribution in [3.63, 3.8) is 0 Å². The second-order valence-electron chi connectivity index (χ2n) is 4.80. The van der Waals surface area contributed by atoms with Gasteiger partial charge in [-0.25, -0.2) is 4.39 Å². The Hall–Kier alpha value is -1.31. The summed E-state index contributed by atoms with van der Waals surface area (Å²) < 4.78 is 17.9. The quantitative estimate of drug-likeness (QED) is 0.661. The van der Waals surface area contributed by atoms with Crippen LogP contribution in [0.4, 0.5) is 4.39 Å². The van der Waals surface area contributed by atoms with Crippen LogP contribution in [0.1, 0.15) is 0 Å². The zero-order valence-electron chi connectivity index (χ0n) is 10.3. The van der Waals surface area contributed by atoms with Gasteiger partial charge in [-0.1, -0.05) is 25.6 Å². The molecule has 1 aromatic carbocycles. The second kappa shape index (κ2) is 5.85. The Morgan fingerprint density at radius 3 is 2.41 bits per heavy atom. The van der Waals surface area contributed by atoms with Crippen LogP contribution in [-0.2, 0) is 0 Å². The average Bonchev–Trinajstić information content (AvgIpc) is 2.25. The van der Waals surface area contributed by atoms with Crippen molar-refractivity contribution < 1.29 is 14.2 Å². The summed E-state index contributed by atoms with van der Waals surface area (Å²) >= 11 is 0. The van der Waals surface area contributed by atoms with Crippen LogP contribution >= 0.6 is 0 Å². The lowest BCUT2D eigenvalue weighted by Gasteiger charge is -2.09. The van der Waals surface area contributed by atoms with Gasteiger partial charge in [0.05, 0.1) is 0 Å². The smallest absolute Gasteiger partial charge is 0.147 e. The standard InChI is InChI=1S/C13H17FO2Si/c1-17(2,3)9-8-12(15)10-16-13-6-4-11(14)5-7-13/h4-7,12,15H,10H2,1-3H3/t12-/m0/s1. The number of halogens is 1. The highest BCUT2D eigenvalue weighted by Gasteiger charge is 2.09. The van der Waals surface area contributed by atoms with E-state index in [4.69, 9.17) is 4.74 Å². The molecule has 0 spiro atoms. The lowest BCUT2D eigenvalue weighted by atomic mass is 10.3. The Morgan fingerprint density at radius 1 is 1.29 bits per heavy atom. The summed E-state index contributed by atoms with van der Waals surface area (Å²) in [5.41, 5.74) is 3.07. The molecular weight excluding hydrogens is 235 g/mol. The highest BCUT2D eigenvalue weighted by molar-refractivity contribution is 6.83. The van der Waals surface area contributed by atoms with E-state index in [2.05, 4.69) is 31.1 Å². The van der Waals surface area contributed by atoms with Crippen molar-refractivity contribution in [2.45, 2.75) is 25.7 Å². The third kappa shape index (κ3) is 6.10. The highest BCUT2D eigenvalue weighted by Crippen LogP contribution is 2.11. The molecule has 0 amide bonds. The van der Waals surface area contributed by atoms with Crippen LogP contribution in [0.2, 0.25) is 19.6 Å². The third-order valence-corrected chi connectivity index (χ3v) is 2.73. The van der Waals surface area contributed by atoms with Crippen LogP contribution < -0.4 is 4.74 Å². The van der Waals surface area contributed by atoms with Crippen molar-refractivity contribution in [3.05, 3.63) is 30.1 Å². The molecule has 0 bridgehead atoms. The van der Waals surface area contributed by atoms with Gasteiger partial charge in [0.25, 0.3) is 0 Å². The van der Waals surface area contributed by atoms with Crippen molar-refractivity contribution in [3.8, 4) is 17.2 Å². The van der Waals surface area contributed by atoms with Gasteiger partial charge in [-0.15, -0.1) is 5.54 Å². The van der Waals surface area contributed by atoms with E-state index in [0.29, 0.717) is 5.75 Å². The van der Waals surface area contributed by atoms with Gasteiger partial charge in [-0.05, 0) is 24.3 Å². The molecule has 1 rings (SSSR count). The second-order valence-corrected chi connectivity index (χ2v) is 9.55. The van der Waals surface area contributed by atoms with Crippen LogP contribution in [0.3, 0.4) is 0 Å². The summed E-state index contributed by atoms with van der Waals surface area (Å²) in [4.78, 5) is 0. The number of aliphatic hydroxyl groups excluding tert-OH is 1. The molecule has 0 aromatic heterocycles. The van der Waals surface area contributed by atoms with E-state index < -0.39 is 14.2 Å². The zero-order valence-corrected chi connectivity index (χ0v) is 11.3. The number of hydrogen-bond donors (Lipinski definition) is 1. The van der Waals surface area contributed by atoms with Gasteiger partial charge in [-0.2, -0.15) is 0 Å². The summed E-state index contributed by atoms with van der Waals surface area (Å²) in [6.45, 7) is 6.41. The third-order valence-electron chi connectivity index (χ3n) is 1.84. The van der Waals surface area contributed by atoms with Gasteiger partial charge in [-0.3, -0.25) is 0 Å². The Balaban J connectivity index is 2.45. The van der Waals surface area contributed by atoms with Crippen LogP contribution in [0.25, 0.3) is 0 Å². The van der Waals surface area contributed by atoms with Crippen molar-refractivity contribution in [1.82, 2.24) is 0 Å². The lowest BCUT2D eigenvalue weighted by molar-refractivity contribution is 0.151. The minimum Gasteiger partial charge on any atom is -0.490 e. The van der Waals surface area contributed by atoms with Gasteiger partial charge in [0.15, 0.2) is 0 Å². The average molecular weight is 252 g/mol. The first kappa shape index (κ1) is 13.8. The van der Waals surface area contributed by atoms with Gasteiger partial charge in [0, 0.05) is 0 Å². The van der Waals surface area contributed by atoms with E-state index in [1.807, 2.05) is 0 Å². The number of hydrogen-bond acceptors (Lipinski definition) is 2. The summed E-state index contributed by atoms with van der Waals surface area (Å²) in [7, 11) is -1.46. The molecule has 1 N–H and O–H groups in total. The lowest BCUT2D eigenvalue weighted by Crippen LogP contribution is -2.20. The highest BCUT2D eigenvalue weighted by atomic mass is 28.3. The van der Waals surface area contributed by atoms with Crippen LogP contribution in [-0.4, -0.2) is 25.9 Å². The molecule has 4 heteroatoms. The minimum absolute atomic E-state index is 0.100. The molecule has 92 valence electrons. The van der Waals surface area contributed by atoms with E-state index in [1.54, 1.807) is 0 Å². The molecule has 2 nitrogen and oxygen atoms in total. The molecule has 0 fully saturated rings. The summed E-state index contributed by atoms with van der Waals surface area (Å²) in [5.74, 6) is 2.99. The number of benzene rings is 1. The van der Waals surface area contributed by atoms with E-state index in [1.165, 1.54) is 24.3 Å². The molecule has 1 atom stereocenters. The van der Waals surface area contributed by atoms with Crippen molar-refractivity contribution >= 4 is 8.07 Å². The molecule has 17 heavy (non-hydrogen) atoms.